The van der Waals surface area contributed by atoms with Gasteiger partial charge in [-0.15, -0.1) is 6.58 Å². The summed E-state index contributed by atoms with van der Waals surface area (Å²) >= 11 is 0. The van der Waals surface area contributed by atoms with Gasteiger partial charge in [-0.25, -0.2) is 4.79 Å². The largest absolute Gasteiger partial charge is 0.495 e. The quantitative estimate of drug-likeness (QED) is 0.198. The van der Waals surface area contributed by atoms with Crippen LogP contribution < -0.4 is 0 Å². The number of unbranched alkanes of at least 4 members (excludes halogenated alkanes) is 1. The molecule has 0 amide bonds. The highest BCUT2D eigenvalue weighted by Crippen LogP contribution is 2.05. The van der Waals surface area contributed by atoms with E-state index in [2.05, 4.69) is 13.2 Å². The van der Waals surface area contributed by atoms with Crippen LogP contribution in [0.15, 0.2) is 37.1 Å². The highest BCUT2D eigenvalue weighted by molar-refractivity contribution is 5.81. The van der Waals surface area contributed by atoms with Gasteiger partial charge in [0, 0.05) is 12.5 Å². The van der Waals surface area contributed by atoms with E-state index in [4.69, 9.17) is 9.47 Å². The summed E-state index contributed by atoms with van der Waals surface area (Å²) < 4.78 is 10.2. The first-order chi connectivity index (χ1) is 7.74. The fourth-order valence-electron chi connectivity index (χ4n) is 1.04. The van der Waals surface area contributed by atoms with Crippen molar-refractivity contribution in [3.8, 4) is 0 Å². The summed E-state index contributed by atoms with van der Waals surface area (Å²) in [6.07, 6.45) is 7.76. The molecule has 0 fully saturated rings. The number of carbonyl (C=O) groups is 1. The summed E-state index contributed by atoms with van der Waals surface area (Å²) in [6.45, 7) is 9.61. The van der Waals surface area contributed by atoms with E-state index in [1.807, 2.05) is 19.1 Å². The summed E-state index contributed by atoms with van der Waals surface area (Å²) in [4.78, 5) is 10.7. The van der Waals surface area contributed by atoms with Gasteiger partial charge in [0.15, 0.2) is 0 Å². The van der Waals surface area contributed by atoms with E-state index in [9.17, 15) is 4.79 Å². The van der Waals surface area contributed by atoms with Crippen molar-refractivity contribution in [1.29, 1.82) is 0 Å². The molecule has 0 radical (unpaired) electrons. The minimum absolute atomic E-state index is 0.254. The molecule has 0 bridgehead atoms. The smallest absolute Gasteiger partial charge is 0.330 e. The molecular weight excluding hydrogens is 204 g/mol. The van der Waals surface area contributed by atoms with Crippen LogP contribution in [0.4, 0.5) is 0 Å². The van der Waals surface area contributed by atoms with Crippen LogP contribution in [0, 0.1) is 0 Å². The van der Waals surface area contributed by atoms with Gasteiger partial charge in [-0.1, -0.05) is 19.6 Å². The van der Waals surface area contributed by atoms with Crippen LogP contribution in [0.1, 0.15) is 26.2 Å². The monoisotopic (exact) mass is 224 g/mol. The summed E-state index contributed by atoms with van der Waals surface area (Å²) in [5, 5.41) is 0. The predicted octanol–water partition coefficient (Wildman–Crippen LogP) is 2.99. The van der Waals surface area contributed by atoms with Gasteiger partial charge in [0.1, 0.15) is 13.2 Å². The second kappa shape index (κ2) is 10.0. The summed E-state index contributed by atoms with van der Waals surface area (Å²) in [7, 11) is 0. The Kier molecular flexibility index (Phi) is 9.08. The highest BCUT2D eigenvalue weighted by Gasteiger charge is 1.97. The summed E-state index contributed by atoms with van der Waals surface area (Å²) in [5.74, 6) is 0.508. The Morgan fingerprint density at radius 2 is 1.88 bits per heavy atom. The number of esters is 1. The Labute approximate surface area is 97.4 Å². The van der Waals surface area contributed by atoms with Gasteiger partial charge in [0.2, 0.25) is 0 Å². The second-order valence-electron chi connectivity index (χ2n) is 3.11. The number of allylic oxidation sites excluding steroid dienone is 3. The molecule has 0 unspecified atom stereocenters. The lowest BCUT2D eigenvalue weighted by atomic mass is 10.2. The van der Waals surface area contributed by atoms with Gasteiger partial charge < -0.3 is 9.47 Å². The standard InChI is InChI=1S/C13H20O3/c1-4-7-8-9-12(5-2)15-10-11-16-13(14)6-3/h4,6,9H,1,3,5,7-8,10-11H2,2H3/b12-9-. The van der Waals surface area contributed by atoms with Crippen LogP contribution in [0.5, 0.6) is 0 Å². The SMILES string of the molecule is C=CCC/C=C(/CC)OCCOC(=O)C=C. The number of hydrogen-bond acceptors (Lipinski definition) is 3. The molecule has 90 valence electrons. The van der Waals surface area contributed by atoms with E-state index < -0.39 is 5.97 Å². The Morgan fingerprint density at radius 3 is 2.44 bits per heavy atom. The van der Waals surface area contributed by atoms with Crippen LogP contribution in [0.2, 0.25) is 0 Å². The highest BCUT2D eigenvalue weighted by atomic mass is 16.6. The molecule has 0 rings (SSSR count). The Hall–Kier alpha value is -1.51. The molecule has 0 saturated carbocycles. The topological polar surface area (TPSA) is 35.5 Å². The molecule has 0 aliphatic carbocycles. The van der Waals surface area contributed by atoms with Crippen LogP contribution in [-0.2, 0) is 14.3 Å². The minimum atomic E-state index is -0.419. The van der Waals surface area contributed by atoms with E-state index in [0.717, 1.165) is 31.1 Å². The van der Waals surface area contributed by atoms with Gasteiger partial charge in [-0.2, -0.15) is 0 Å². The van der Waals surface area contributed by atoms with Gasteiger partial charge >= 0.3 is 5.97 Å². The maximum Gasteiger partial charge on any atom is 0.330 e. The average Bonchev–Trinajstić information content (AvgIpc) is 2.31. The van der Waals surface area contributed by atoms with E-state index in [0.29, 0.717) is 6.61 Å². The second-order valence-corrected chi connectivity index (χ2v) is 3.11. The zero-order valence-corrected chi connectivity index (χ0v) is 9.91. The van der Waals surface area contributed by atoms with E-state index in [1.165, 1.54) is 0 Å². The molecule has 0 aliphatic heterocycles. The predicted molar refractivity (Wildman–Crippen MR) is 64.9 cm³/mol. The molecule has 0 aromatic carbocycles. The van der Waals surface area contributed by atoms with Gasteiger partial charge in [-0.3, -0.25) is 0 Å². The van der Waals surface area contributed by atoms with E-state index >= 15 is 0 Å². The number of hydrogen-bond donors (Lipinski definition) is 0. The zero-order valence-electron chi connectivity index (χ0n) is 9.91. The maximum atomic E-state index is 10.7. The maximum absolute atomic E-state index is 10.7. The fourth-order valence-corrected chi connectivity index (χ4v) is 1.04. The zero-order chi connectivity index (χ0) is 12.2. The molecule has 0 saturated heterocycles. The van der Waals surface area contributed by atoms with Crippen molar-refractivity contribution < 1.29 is 14.3 Å². The van der Waals surface area contributed by atoms with Crippen molar-refractivity contribution in [1.82, 2.24) is 0 Å². The Bertz CT molecular complexity index is 254. The van der Waals surface area contributed by atoms with Crippen LogP contribution in [-0.4, -0.2) is 19.2 Å². The molecule has 16 heavy (non-hydrogen) atoms. The fraction of sp³-hybridized carbons (Fsp3) is 0.462. The molecule has 0 aromatic heterocycles. The van der Waals surface area contributed by atoms with Crippen LogP contribution in [0.3, 0.4) is 0 Å². The van der Waals surface area contributed by atoms with Gasteiger partial charge in [-0.05, 0) is 18.9 Å². The third-order valence-electron chi connectivity index (χ3n) is 1.87. The molecule has 3 heteroatoms. The van der Waals surface area contributed by atoms with Crippen LogP contribution in [0.25, 0.3) is 0 Å². The van der Waals surface area contributed by atoms with E-state index in [1.54, 1.807) is 0 Å². The average molecular weight is 224 g/mol. The van der Waals surface area contributed by atoms with E-state index in [-0.39, 0.29) is 6.61 Å². The van der Waals surface area contributed by atoms with Crippen molar-refractivity contribution in [2.45, 2.75) is 26.2 Å². The number of carbonyl (C=O) groups excluding carboxylic acids is 1. The normalized spacial score (nSPS) is 10.7. The van der Waals surface area contributed by atoms with Crippen molar-refractivity contribution in [2.75, 3.05) is 13.2 Å². The Balaban J connectivity index is 3.69. The Morgan fingerprint density at radius 1 is 1.19 bits per heavy atom. The third kappa shape index (κ3) is 7.85. The lowest BCUT2D eigenvalue weighted by Crippen LogP contribution is -2.08. The lowest BCUT2D eigenvalue weighted by Gasteiger charge is -2.08. The summed E-state index contributed by atoms with van der Waals surface area (Å²) in [5.41, 5.74) is 0. The van der Waals surface area contributed by atoms with Crippen molar-refractivity contribution in [3.05, 3.63) is 37.1 Å². The van der Waals surface area contributed by atoms with Crippen molar-refractivity contribution >= 4 is 5.97 Å². The molecule has 0 spiro atoms. The number of rotatable bonds is 9. The van der Waals surface area contributed by atoms with Crippen molar-refractivity contribution in [3.63, 3.8) is 0 Å². The molecule has 0 atom stereocenters. The van der Waals surface area contributed by atoms with Crippen LogP contribution >= 0.6 is 0 Å². The first kappa shape index (κ1) is 14.5. The molecule has 0 N–H and O–H groups in total. The van der Waals surface area contributed by atoms with Gasteiger partial charge in [0.25, 0.3) is 0 Å². The molecule has 0 aromatic rings. The molecular formula is C13H20O3. The molecule has 3 nitrogen and oxygen atoms in total. The lowest BCUT2D eigenvalue weighted by molar-refractivity contribution is -0.138. The molecule has 0 aliphatic rings. The first-order valence-electron chi connectivity index (χ1n) is 5.46. The number of ether oxygens (including phenoxy) is 2. The molecule has 0 heterocycles. The summed E-state index contributed by atoms with van der Waals surface area (Å²) in [6, 6.07) is 0. The first-order valence-corrected chi connectivity index (χ1v) is 5.46. The minimum Gasteiger partial charge on any atom is -0.495 e. The van der Waals surface area contributed by atoms with Crippen molar-refractivity contribution in [2.24, 2.45) is 0 Å². The third-order valence-corrected chi connectivity index (χ3v) is 1.87. The van der Waals surface area contributed by atoms with Gasteiger partial charge in [0.05, 0.1) is 5.76 Å².